The zero-order chi connectivity index (χ0) is 6.62. The van der Waals surface area contributed by atoms with Crippen LogP contribution in [0.2, 0.25) is 0 Å². The second-order valence-electron chi connectivity index (χ2n) is 1.92. The average molecular weight is 246 g/mol. The monoisotopic (exact) mass is 244 g/mol. The highest BCUT2D eigenvalue weighted by Gasteiger charge is 2.19. The molecule has 0 amide bonds. The van der Waals surface area contributed by atoms with Crippen molar-refractivity contribution in [3.8, 4) is 0 Å². The van der Waals surface area contributed by atoms with E-state index in [1.807, 2.05) is 6.92 Å². The summed E-state index contributed by atoms with van der Waals surface area (Å²) in [7, 11) is 1.71. The Labute approximate surface area is 67.0 Å². The molecule has 0 bridgehead atoms. The third kappa shape index (κ3) is 2.46. The number of halogens is 2. The maximum Gasteiger partial charge on any atom is 0.0843 e. The van der Waals surface area contributed by atoms with Crippen molar-refractivity contribution in [2.45, 2.75) is 12.5 Å². The second kappa shape index (κ2) is 3.85. The molecule has 0 atom stereocenters. The summed E-state index contributed by atoms with van der Waals surface area (Å²) in [5.41, 5.74) is -0.0417. The number of alkyl halides is 2. The Morgan fingerprint density at radius 1 is 1.38 bits per heavy atom. The van der Waals surface area contributed by atoms with Gasteiger partial charge in [-0.2, -0.15) is 0 Å². The molecule has 0 aromatic heterocycles. The Balaban J connectivity index is 3.58. The normalized spacial score (nSPS) is 12.0. The molecule has 0 radical (unpaired) electrons. The van der Waals surface area contributed by atoms with Gasteiger partial charge in [-0.15, -0.1) is 0 Å². The Morgan fingerprint density at radius 2 is 1.75 bits per heavy atom. The van der Waals surface area contributed by atoms with Crippen LogP contribution in [-0.4, -0.2) is 23.4 Å². The lowest BCUT2D eigenvalue weighted by atomic mass is 10.2. The molecular weight excluding hydrogens is 236 g/mol. The molecule has 1 nitrogen and oxygen atoms in total. The van der Waals surface area contributed by atoms with Crippen LogP contribution in [0.1, 0.15) is 6.92 Å². The predicted molar refractivity (Wildman–Crippen MR) is 43.0 cm³/mol. The van der Waals surface area contributed by atoms with Crippen molar-refractivity contribution in [2.24, 2.45) is 0 Å². The Hall–Kier alpha value is 0.920. The van der Waals surface area contributed by atoms with Crippen molar-refractivity contribution < 1.29 is 4.74 Å². The van der Waals surface area contributed by atoms with Crippen LogP contribution in [0, 0.1) is 0 Å². The fraction of sp³-hybridized carbons (Fsp3) is 1.00. The van der Waals surface area contributed by atoms with Gasteiger partial charge < -0.3 is 4.74 Å². The maximum absolute atomic E-state index is 5.14. The number of hydrogen-bond donors (Lipinski definition) is 0. The molecule has 0 saturated carbocycles. The van der Waals surface area contributed by atoms with Crippen molar-refractivity contribution in [2.75, 3.05) is 17.8 Å². The molecule has 0 aromatic rings. The number of ether oxygens (including phenoxy) is 1. The van der Waals surface area contributed by atoms with E-state index in [4.69, 9.17) is 4.74 Å². The van der Waals surface area contributed by atoms with E-state index in [1.54, 1.807) is 7.11 Å². The highest BCUT2D eigenvalue weighted by molar-refractivity contribution is 9.09. The SMILES string of the molecule is COC(C)(CBr)CBr. The molecule has 0 spiro atoms. The van der Waals surface area contributed by atoms with Gasteiger partial charge in [0.05, 0.1) is 5.60 Å². The zero-order valence-corrected chi connectivity index (χ0v) is 8.25. The van der Waals surface area contributed by atoms with Crippen LogP contribution in [-0.2, 0) is 4.74 Å². The molecule has 3 heteroatoms. The van der Waals surface area contributed by atoms with Crippen LogP contribution in [0.25, 0.3) is 0 Å². The first-order chi connectivity index (χ1) is 3.68. The van der Waals surface area contributed by atoms with E-state index in [-0.39, 0.29) is 5.60 Å². The number of rotatable bonds is 3. The molecule has 0 N–H and O–H groups in total. The van der Waals surface area contributed by atoms with Crippen LogP contribution >= 0.6 is 31.9 Å². The molecule has 0 aliphatic rings. The third-order valence-electron chi connectivity index (χ3n) is 1.06. The lowest BCUT2D eigenvalue weighted by Gasteiger charge is -2.21. The van der Waals surface area contributed by atoms with E-state index < -0.39 is 0 Å². The zero-order valence-electron chi connectivity index (χ0n) is 5.08. The van der Waals surface area contributed by atoms with E-state index in [1.165, 1.54) is 0 Å². The fourth-order valence-electron chi connectivity index (χ4n) is 0.145. The van der Waals surface area contributed by atoms with Gasteiger partial charge in [0, 0.05) is 17.8 Å². The Bertz CT molecular complexity index is 53.2. The van der Waals surface area contributed by atoms with Crippen molar-refractivity contribution in [3.05, 3.63) is 0 Å². The van der Waals surface area contributed by atoms with E-state index >= 15 is 0 Å². The van der Waals surface area contributed by atoms with Crippen molar-refractivity contribution >= 4 is 31.9 Å². The van der Waals surface area contributed by atoms with Crippen LogP contribution in [0.15, 0.2) is 0 Å². The number of hydrogen-bond acceptors (Lipinski definition) is 1. The molecule has 0 aliphatic heterocycles. The van der Waals surface area contributed by atoms with Crippen LogP contribution in [0.5, 0.6) is 0 Å². The molecule has 0 heterocycles. The van der Waals surface area contributed by atoms with Gasteiger partial charge in [-0.1, -0.05) is 31.9 Å². The van der Waals surface area contributed by atoms with Crippen LogP contribution in [0.4, 0.5) is 0 Å². The first-order valence-electron chi connectivity index (χ1n) is 2.35. The average Bonchev–Trinajstić information content (AvgIpc) is 1.87. The highest BCUT2D eigenvalue weighted by Crippen LogP contribution is 2.14. The minimum Gasteiger partial charge on any atom is -0.377 e. The van der Waals surface area contributed by atoms with E-state index in [0.717, 1.165) is 10.7 Å². The van der Waals surface area contributed by atoms with Gasteiger partial charge in [0.15, 0.2) is 0 Å². The lowest BCUT2D eigenvalue weighted by molar-refractivity contribution is 0.0504. The van der Waals surface area contributed by atoms with Crippen molar-refractivity contribution in [3.63, 3.8) is 0 Å². The summed E-state index contributed by atoms with van der Waals surface area (Å²) in [5.74, 6) is 0. The highest BCUT2D eigenvalue weighted by atomic mass is 79.9. The lowest BCUT2D eigenvalue weighted by Crippen LogP contribution is -2.30. The standard InChI is InChI=1S/C5H10Br2O/c1-5(3-6,4-7)8-2/h3-4H2,1-2H3. The first kappa shape index (κ1) is 8.92. The van der Waals surface area contributed by atoms with E-state index in [2.05, 4.69) is 31.9 Å². The molecule has 50 valence electrons. The van der Waals surface area contributed by atoms with Gasteiger partial charge in [-0.05, 0) is 6.92 Å². The van der Waals surface area contributed by atoms with Gasteiger partial charge >= 0.3 is 0 Å². The van der Waals surface area contributed by atoms with Gasteiger partial charge in [0.2, 0.25) is 0 Å². The van der Waals surface area contributed by atoms with E-state index in [9.17, 15) is 0 Å². The molecule has 0 saturated heterocycles. The molecule has 0 fully saturated rings. The molecule has 0 unspecified atom stereocenters. The van der Waals surface area contributed by atoms with Crippen molar-refractivity contribution in [1.82, 2.24) is 0 Å². The Morgan fingerprint density at radius 3 is 1.75 bits per heavy atom. The molecule has 8 heavy (non-hydrogen) atoms. The topological polar surface area (TPSA) is 9.23 Å². The summed E-state index contributed by atoms with van der Waals surface area (Å²) in [4.78, 5) is 0. The van der Waals surface area contributed by atoms with E-state index in [0.29, 0.717) is 0 Å². The molecular formula is C5H10Br2O. The van der Waals surface area contributed by atoms with Gasteiger partial charge in [0.25, 0.3) is 0 Å². The third-order valence-corrected chi connectivity index (χ3v) is 3.43. The fourth-order valence-corrected chi connectivity index (χ4v) is 1.53. The second-order valence-corrected chi connectivity index (χ2v) is 3.04. The van der Waals surface area contributed by atoms with Gasteiger partial charge in [0.1, 0.15) is 0 Å². The Kier molecular flexibility index (Phi) is 4.30. The van der Waals surface area contributed by atoms with Crippen LogP contribution in [0.3, 0.4) is 0 Å². The smallest absolute Gasteiger partial charge is 0.0843 e. The summed E-state index contributed by atoms with van der Waals surface area (Å²) in [5, 5.41) is 1.73. The van der Waals surface area contributed by atoms with Gasteiger partial charge in [-0.25, -0.2) is 0 Å². The quantitative estimate of drug-likeness (QED) is 0.693. The maximum atomic E-state index is 5.14. The summed E-state index contributed by atoms with van der Waals surface area (Å²) < 4.78 is 5.14. The van der Waals surface area contributed by atoms with Crippen LogP contribution < -0.4 is 0 Å². The first-order valence-corrected chi connectivity index (χ1v) is 4.60. The molecule has 0 aliphatic carbocycles. The van der Waals surface area contributed by atoms with Gasteiger partial charge in [-0.3, -0.25) is 0 Å². The number of methoxy groups -OCH3 is 1. The summed E-state index contributed by atoms with van der Waals surface area (Å²) in [6.45, 7) is 2.04. The predicted octanol–water partition coefficient (Wildman–Crippen LogP) is 2.18. The molecule has 0 rings (SSSR count). The minimum atomic E-state index is -0.0417. The summed E-state index contributed by atoms with van der Waals surface area (Å²) in [6, 6.07) is 0. The molecule has 0 aromatic carbocycles. The van der Waals surface area contributed by atoms with Crippen molar-refractivity contribution in [1.29, 1.82) is 0 Å². The largest absolute Gasteiger partial charge is 0.377 e. The minimum absolute atomic E-state index is 0.0417. The summed E-state index contributed by atoms with van der Waals surface area (Å²) >= 11 is 6.67. The summed E-state index contributed by atoms with van der Waals surface area (Å²) in [6.07, 6.45) is 0.